The monoisotopic (exact) mass is 905 g/mol. The van der Waals surface area contributed by atoms with Gasteiger partial charge in [0.15, 0.2) is 0 Å². The second-order valence-corrected chi connectivity index (χ2v) is 20.3. The molecule has 368 valence electrons. The SMILES string of the molecule is CCCCCCC/C=C\C/C=C\C/C=C\CCCCCCCCC(=O)NC(COP(=O)([O-])OCC[N+](C)(C)C)C(O)/C=C/CC/C=C/CCCCCCCCCCCCCCCC. The molecule has 3 atom stereocenters. The number of phosphoric acid groups is 1. The molecular weight excluding hydrogens is 804 g/mol. The summed E-state index contributed by atoms with van der Waals surface area (Å²) in [6.45, 7) is 4.61. The van der Waals surface area contributed by atoms with Crippen LogP contribution >= 0.6 is 7.82 Å². The van der Waals surface area contributed by atoms with E-state index in [-0.39, 0.29) is 12.5 Å². The van der Waals surface area contributed by atoms with E-state index in [2.05, 4.69) is 67.8 Å². The number of nitrogens with zero attached hydrogens (tertiary/aromatic N) is 1. The fourth-order valence-corrected chi connectivity index (χ4v) is 8.02. The van der Waals surface area contributed by atoms with Crippen molar-refractivity contribution >= 4 is 13.7 Å². The minimum atomic E-state index is -4.61. The molecule has 0 aromatic heterocycles. The first-order valence-corrected chi connectivity index (χ1v) is 27.6. The molecule has 0 fully saturated rings. The maximum atomic E-state index is 12.9. The Bertz CT molecular complexity index is 1210. The predicted molar refractivity (Wildman–Crippen MR) is 270 cm³/mol. The molecule has 1 amide bonds. The maximum Gasteiger partial charge on any atom is 0.268 e. The van der Waals surface area contributed by atoms with E-state index in [1.165, 1.54) is 141 Å². The highest BCUT2D eigenvalue weighted by Gasteiger charge is 2.23. The summed E-state index contributed by atoms with van der Waals surface area (Å²) < 4.78 is 23.3. The molecule has 0 rings (SSSR count). The normalized spacial score (nSPS) is 14.6. The van der Waals surface area contributed by atoms with Crippen molar-refractivity contribution in [3.8, 4) is 0 Å². The first kappa shape index (κ1) is 61.2. The number of rotatable bonds is 47. The van der Waals surface area contributed by atoms with Crippen molar-refractivity contribution < 1.29 is 32.9 Å². The number of amides is 1. The molecule has 3 unspecified atom stereocenters. The summed E-state index contributed by atoms with van der Waals surface area (Å²) >= 11 is 0. The second kappa shape index (κ2) is 45.4. The topological polar surface area (TPSA) is 108 Å². The van der Waals surface area contributed by atoms with Crippen LogP contribution in [0.15, 0.2) is 60.8 Å². The van der Waals surface area contributed by atoms with Crippen molar-refractivity contribution in [2.24, 2.45) is 0 Å². The molecule has 0 spiro atoms. The number of likely N-dealkylation sites (N-methyl/N-ethyl adjacent to an activating group) is 1. The van der Waals surface area contributed by atoms with Gasteiger partial charge in [-0.1, -0.05) is 209 Å². The molecule has 0 aromatic rings. The summed E-state index contributed by atoms with van der Waals surface area (Å²) in [7, 11) is 1.23. The Balaban J connectivity index is 4.39. The number of hydrogen-bond donors (Lipinski definition) is 2. The van der Waals surface area contributed by atoms with Crippen LogP contribution in [0.4, 0.5) is 0 Å². The van der Waals surface area contributed by atoms with Crippen LogP contribution in [0, 0.1) is 0 Å². The first-order chi connectivity index (χ1) is 30.5. The van der Waals surface area contributed by atoms with Gasteiger partial charge in [-0.25, -0.2) is 0 Å². The highest BCUT2D eigenvalue weighted by molar-refractivity contribution is 7.45. The number of allylic oxidation sites excluding steroid dienone is 9. The Kier molecular flexibility index (Phi) is 44.1. The average Bonchev–Trinajstić information content (AvgIpc) is 3.24. The molecule has 0 saturated carbocycles. The molecule has 0 aromatic carbocycles. The number of carbonyl (C=O) groups is 1. The van der Waals surface area contributed by atoms with E-state index >= 15 is 0 Å². The van der Waals surface area contributed by atoms with E-state index in [0.717, 1.165) is 64.2 Å². The number of quaternary nitrogens is 1. The first-order valence-electron chi connectivity index (χ1n) is 26.2. The summed E-state index contributed by atoms with van der Waals surface area (Å²) in [4.78, 5) is 25.4. The van der Waals surface area contributed by atoms with Crippen LogP contribution in [0.25, 0.3) is 0 Å². The molecule has 9 heteroatoms. The smallest absolute Gasteiger partial charge is 0.268 e. The lowest BCUT2D eigenvalue weighted by atomic mass is 10.0. The highest BCUT2D eigenvalue weighted by atomic mass is 31.2. The van der Waals surface area contributed by atoms with E-state index in [9.17, 15) is 19.4 Å². The van der Waals surface area contributed by atoms with Crippen LogP contribution in [0.1, 0.15) is 226 Å². The largest absolute Gasteiger partial charge is 0.756 e. The minimum Gasteiger partial charge on any atom is -0.756 e. The van der Waals surface area contributed by atoms with Crippen LogP contribution < -0.4 is 10.2 Å². The van der Waals surface area contributed by atoms with Gasteiger partial charge in [-0.15, -0.1) is 0 Å². The fraction of sp³-hybridized carbons (Fsp3) is 0.796. The summed E-state index contributed by atoms with van der Waals surface area (Å²) in [5.74, 6) is -0.220. The third kappa shape index (κ3) is 48.0. The lowest BCUT2D eigenvalue weighted by Gasteiger charge is -2.29. The molecule has 63 heavy (non-hydrogen) atoms. The number of aliphatic hydroxyl groups is 1. The van der Waals surface area contributed by atoms with Gasteiger partial charge in [-0.3, -0.25) is 9.36 Å². The number of nitrogens with one attached hydrogen (secondary N) is 1. The molecular formula is C54H101N2O6P. The predicted octanol–water partition coefficient (Wildman–Crippen LogP) is 14.7. The van der Waals surface area contributed by atoms with E-state index in [1.807, 2.05) is 27.2 Å². The Morgan fingerprint density at radius 2 is 0.937 bits per heavy atom. The van der Waals surface area contributed by atoms with E-state index < -0.39 is 26.6 Å². The van der Waals surface area contributed by atoms with Gasteiger partial charge in [0.05, 0.1) is 39.9 Å². The van der Waals surface area contributed by atoms with Crippen LogP contribution in [0.5, 0.6) is 0 Å². The molecule has 0 bridgehead atoms. The Labute approximate surface area is 390 Å². The zero-order valence-corrected chi connectivity index (χ0v) is 42.7. The molecule has 0 radical (unpaired) electrons. The average molecular weight is 905 g/mol. The quantitative estimate of drug-likeness (QED) is 0.0273. The molecule has 0 aliphatic rings. The Morgan fingerprint density at radius 3 is 1.40 bits per heavy atom. The van der Waals surface area contributed by atoms with Gasteiger partial charge < -0.3 is 28.8 Å². The minimum absolute atomic E-state index is 0.0113. The number of phosphoric ester groups is 1. The molecule has 0 saturated heterocycles. The van der Waals surface area contributed by atoms with Gasteiger partial charge in [0, 0.05) is 6.42 Å². The molecule has 0 aliphatic heterocycles. The van der Waals surface area contributed by atoms with Gasteiger partial charge in [0.25, 0.3) is 7.82 Å². The zero-order valence-electron chi connectivity index (χ0n) is 41.8. The van der Waals surface area contributed by atoms with Crippen molar-refractivity contribution in [3.05, 3.63) is 60.8 Å². The lowest BCUT2D eigenvalue weighted by Crippen LogP contribution is -2.45. The summed E-state index contributed by atoms with van der Waals surface area (Å²) in [6, 6.07) is -0.913. The number of carbonyl (C=O) groups excluding carboxylic acids is 1. The van der Waals surface area contributed by atoms with Gasteiger partial charge in [0.1, 0.15) is 13.2 Å². The van der Waals surface area contributed by atoms with Crippen molar-refractivity contribution in [1.82, 2.24) is 5.32 Å². The third-order valence-electron chi connectivity index (χ3n) is 11.4. The summed E-state index contributed by atoms with van der Waals surface area (Å²) in [5.41, 5.74) is 0. The second-order valence-electron chi connectivity index (χ2n) is 18.9. The van der Waals surface area contributed by atoms with E-state index in [0.29, 0.717) is 17.4 Å². The van der Waals surface area contributed by atoms with Gasteiger partial charge in [-0.2, -0.15) is 0 Å². The third-order valence-corrected chi connectivity index (χ3v) is 12.4. The van der Waals surface area contributed by atoms with Crippen molar-refractivity contribution in [1.29, 1.82) is 0 Å². The van der Waals surface area contributed by atoms with Crippen LogP contribution in [-0.2, 0) is 18.4 Å². The number of aliphatic hydroxyl groups excluding tert-OH is 1. The summed E-state index contributed by atoms with van der Waals surface area (Å²) in [6.07, 6.45) is 59.9. The standard InChI is InChI=1S/C54H101N2O6P/c1-6-8-10-12-14-16-18-20-22-24-26-28-30-32-34-36-38-40-42-44-46-48-54(58)55-52(51-62-63(59,60)61-50-49-56(3,4)5)53(57)47-45-43-41-39-37-35-33-31-29-27-25-23-21-19-17-15-13-11-9-7-2/h18,20,24,26,30,32,37,39,45,47,52-53,57H,6-17,19,21-23,25,27-29,31,33-36,38,40-44,46,48-51H2,1-5H3,(H-,55,58,59,60)/b20-18-,26-24-,32-30-,39-37+,47-45+. The maximum absolute atomic E-state index is 12.9. The van der Waals surface area contributed by atoms with Crippen LogP contribution in [-0.4, -0.2) is 68.5 Å². The van der Waals surface area contributed by atoms with Crippen LogP contribution in [0.3, 0.4) is 0 Å². The van der Waals surface area contributed by atoms with Gasteiger partial charge in [0.2, 0.25) is 5.91 Å². The molecule has 8 nitrogen and oxygen atoms in total. The van der Waals surface area contributed by atoms with Crippen molar-refractivity contribution in [2.45, 2.75) is 238 Å². The van der Waals surface area contributed by atoms with Crippen molar-refractivity contribution in [2.75, 3.05) is 40.9 Å². The summed E-state index contributed by atoms with van der Waals surface area (Å²) in [5, 5.41) is 13.8. The Morgan fingerprint density at radius 1 is 0.556 bits per heavy atom. The highest BCUT2D eigenvalue weighted by Crippen LogP contribution is 2.38. The van der Waals surface area contributed by atoms with E-state index in [4.69, 9.17) is 9.05 Å². The number of hydrogen-bond acceptors (Lipinski definition) is 6. The zero-order chi connectivity index (χ0) is 46.4. The lowest BCUT2D eigenvalue weighted by molar-refractivity contribution is -0.870. The van der Waals surface area contributed by atoms with Crippen molar-refractivity contribution in [3.63, 3.8) is 0 Å². The van der Waals surface area contributed by atoms with E-state index in [1.54, 1.807) is 6.08 Å². The van der Waals surface area contributed by atoms with Gasteiger partial charge in [-0.05, 0) is 70.6 Å². The van der Waals surface area contributed by atoms with Gasteiger partial charge >= 0.3 is 0 Å². The van der Waals surface area contributed by atoms with Crippen LogP contribution in [0.2, 0.25) is 0 Å². The Hall–Kier alpha value is -1.80. The fourth-order valence-electron chi connectivity index (χ4n) is 7.29. The molecule has 2 N–H and O–H groups in total. The molecule has 0 heterocycles. The molecule has 0 aliphatic carbocycles. The number of unbranched alkanes of at least 4 members (excludes halogenated alkanes) is 26.